The number of hydrogen-bond acceptors (Lipinski definition) is 2. The summed E-state index contributed by atoms with van der Waals surface area (Å²) >= 11 is 0. The van der Waals surface area contributed by atoms with E-state index in [-0.39, 0.29) is 12.2 Å². The van der Waals surface area contributed by atoms with Crippen molar-refractivity contribution in [1.29, 1.82) is 0 Å². The van der Waals surface area contributed by atoms with E-state index in [1.54, 1.807) is 0 Å². The van der Waals surface area contributed by atoms with Gasteiger partial charge in [0.1, 0.15) is 11.9 Å². The van der Waals surface area contributed by atoms with Crippen molar-refractivity contribution in [3.05, 3.63) is 29.8 Å². The van der Waals surface area contributed by atoms with Gasteiger partial charge in [-0.05, 0) is 49.3 Å². The van der Waals surface area contributed by atoms with Crippen LogP contribution in [0.2, 0.25) is 0 Å². The monoisotopic (exact) mass is 262 g/mol. The fourth-order valence-electron chi connectivity index (χ4n) is 3.01. The summed E-state index contributed by atoms with van der Waals surface area (Å²) in [7, 11) is 0. The van der Waals surface area contributed by atoms with Gasteiger partial charge in [-0.25, -0.2) is 0 Å². The highest BCUT2D eigenvalue weighted by Gasteiger charge is 2.30. The molecule has 0 bridgehead atoms. The standard InChI is InChI=1S/C17H26O2/c1-3-6-14-9-10-16(18)17(12-14)19-15-8-5-7-13(4-2)11-15/h5,7-8,11,14,16-18H,3-4,6,9-10,12H2,1-2H3. The smallest absolute Gasteiger partial charge is 0.125 e. The summed E-state index contributed by atoms with van der Waals surface area (Å²) in [4.78, 5) is 0. The topological polar surface area (TPSA) is 29.5 Å². The molecule has 2 rings (SSSR count). The largest absolute Gasteiger partial charge is 0.488 e. The number of hydrogen-bond donors (Lipinski definition) is 1. The van der Waals surface area contributed by atoms with Gasteiger partial charge in [0.2, 0.25) is 0 Å². The fourth-order valence-corrected chi connectivity index (χ4v) is 3.01. The molecule has 2 nitrogen and oxygen atoms in total. The number of benzene rings is 1. The summed E-state index contributed by atoms with van der Waals surface area (Å²) in [5.41, 5.74) is 1.29. The van der Waals surface area contributed by atoms with Gasteiger partial charge >= 0.3 is 0 Å². The van der Waals surface area contributed by atoms with Crippen LogP contribution < -0.4 is 4.74 Å². The molecule has 1 aromatic carbocycles. The van der Waals surface area contributed by atoms with Crippen molar-refractivity contribution in [2.24, 2.45) is 5.92 Å². The summed E-state index contributed by atoms with van der Waals surface area (Å²) in [5, 5.41) is 10.1. The Hall–Kier alpha value is -1.02. The molecule has 1 aromatic rings. The van der Waals surface area contributed by atoms with Crippen molar-refractivity contribution in [3.63, 3.8) is 0 Å². The maximum absolute atomic E-state index is 10.1. The molecule has 0 aromatic heterocycles. The third-order valence-corrected chi connectivity index (χ3v) is 4.16. The molecule has 106 valence electrons. The molecule has 1 saturated carbocycles. The van der Waals surface area contributed by atoms with Crippen LogP contribution in [0.3, 0.4) is 0 Å². The predicted octanol–water partition coefficient (Wildman–Crippen LogP) is 3.96. The molecule has 1 aliphatic rings. The SMILES string of the molecule is CCCC1CCC(O)C(Oc2cccc(CC)c2)C1. The first-order valence-electron chi connectivity index (χ1n) is 7.66. The van der Waals surface area contributed by atoms with Gasteiger partial charge in [-0.1, -0.05) is 38.8 Å². The number of aliphatic hydroxyl groups excluding tert-OH is 1. The van der Waals surface area contributed by atoms with Crippen LogP contribution in [-0.4, -0.2) is 17.3 Å². The van der Waals surface area contributed by atoms with Gasteiger partial charge in [0.05, 0.1) is 6.10 Å². The van der Waals surface area contributed by atoms with E-state index in [1.807, 2.05) is 12.1 Å². The summed E-state index contributed by atoms with van der Waals surface area (Å²) in [5.74, 6) is 1.62. The second-order valence-corrected chi connectivity index (χ2v) is 5.69. The third kappa shape index (κ3) is 3.97. The molecule has 0 saturated heterocycles. The van der Waals surface area contributed by atoms with Gasteiger partial charge in [-0.3, -0.25) is 0 Å². The van der Waals surface area contributed by atoms with Gasteiger partial charge in [0.15, 0.2) is 0 Å². The molecule has 3 atom stereocenters. The summed E-state index contributed by atoms with van der Waals surface area (Å²) in [6.45, 7) is 4.37. The van der Waals surface area contributed by atoms with E-state index < -0.39 is 0 Å². The van der Waals surface area contributed by atoms with E-state index in [4.69, 9.17) is 4.74 Å². The van der Waals surface area contributed by atoms with Gasteiger partial charge < -0.3 is 9.84 Å². The van der Waals surface area contributed by atoms with E-state index in [9.17, 15) is 5.11 Å². The number of ether oxygens (including phenoxy) is 1. The third-order valence-electron chi connectivity index (χ3n) is 4.16. The molecule has 1 fully saturated rings. The molecule has 19 heavy (non-hydrogen) atoms. The molecule has 1 aliphatic carbocycles. The Labute approximate surface area is 116 Å². The molecular weight excluding hydrogens is 236 g/mol. The quantitative estimate of drug-likeness (QED) is 0.870. The molecule has 0 heterocycles. The Balaban J connectivity index is 1.99. The van der Waals surface area contributed by atoms with Crippen molar-refractivity contribution < 1.29 is 9.84 Å². The lowest BCUT2D eigenvalue weighted by Crippen LogP contribution is -2.38. The van der Waals surface area contributed by atoms with E-state index >= 15 is 0 Å². The van der Waals surface area contributed by atoms with Crippen LogP contribution in [0.4, 0.5) is 0 Å². The molecular formula is C17H26O2. The van der Waals surface area contributed by atoms with E-state index in [1.165, 1.54) is 18.4 Å². The Morgan fingerprint density at radius 1 is 1.26 bits per heavy atom. The lowest BCUT2D eigenvalue weighted by molar-refractivity contribution is -0.0117. The zero-order chi connectivity index (χ0) is 13.7. The van der Waals surface area contributed by atoms with E-state index in [0.29, 0.717) is 5.92 Å². The summed E-state index contributed by atoms with van der Waals surface area (Å²) < 4.78 is 6.04. The number of aryl methyl sites for hydroxylation is 1. The molecule has 2 heteroatoms. The van der Waals surface area contributed by atoms with Crippen molar-refractivity contribution in [2.75, 3.05) is 0 Å². The van der Waals surface area contributed by atoms with Crippen molar-refractivity contribution in [2.45, 2.75) is 64.6 Å². The molecule has 1 N–H and O–H groups in total. The lowest BCUT2D eigenvalue weighted by Gasteiger charge is -2.33. The minimum Gasteiger partial charge on any atom is -0.488 e. The second-order valence-electron chi connectivity index (χ2n) is 5.69. The Morgan fingerprint density at radius 2 is 2.11 bits per heavy atom. The maximum Gasteiger partial charge on any atom is 0.125 e. The van der Waals surface area contributed by atoms with Gasteiger partial charge in [0, 0.05) is 0 Å². The van der Waals surface area contributed by atoms with Crippen LogP contribution in [-0.2, 0) is 6.42 Å². The molecule has 0 aliphatic heterocycles. The number of rotatable bonds is 5. The highest BCUT2D eigenvalue weighted by Crippen LogP contribution is 2.31. The Kier molecular flexibility index (Phi) is 5.26. The van der Waals surface area contributed by atoms with E-state index in [0.717, 1.165) is 31.4 Å². The second kappa shape index (κ2) is 6.95. The van der Waals surface area contributed by atoms with Crippen LogP contribution in [0.25, 0.3) is 0 Å². The van der Waals surface area contributed by atoms with Crippen LogP contribution >= 0.6 is 0 Å². The highest BCUT2D eigenvalue weighted by atomic mass is 16.5. The minimum atomic E-state index is -0.307. The maximum atomic E-state index is 10.1. The van der Waals surface area contributed by atoms with Gasteiger partial charge in [-0.15, -0.1) is 0 Å². The summed E-state index contributed by atoms with van der Waals surface area (Å²) in [6.07, 6.45) is 6.16. The minimum absolute atomic E-state index is 0.0302. The molecule has 3 unspecified atom stereocenters. The van der Waals surface area contributed by atoms with Crippen LogP contribution in [0.1, 0.15) is 51.5 Å². The fraction of sp³-hybridized carbons (Fsp3) is 0.647. The molecule has 0 amide bonds. The van der Waals surface area contributed by atoms with E-state index in [2.05, 4.69) is 26.0 Å². The van der Waals surface area contributed by atoms with Crippen LogP contribution in [0.15, 0.2) is 24.3 Å². The van der Waals surface area contributed by atoms with Gasteiger partial charge in [0.25, 0.3) is 0 Å². The first kappa shape index (κ1) is 14.4. The van der Waals surface area contributed by atoms with Crippen LogP contribution in [0, 0.1) is 5.92 Å². The predicted molar refractivity (Wildman–Crippen MR) is 78.5 cm³/mol. The van der Waals surface area contributed by atoms with Crippen molar-refractivity contribution >= 4 is 0 Å². The zero-order valence-electron chi connectivity index (χ0n) is 12.1. The van der Waals surface area contributed by atoms with Crippen LogP contribution in [0.5, 0.6) is 5.75 Å². The summed E-state index contributed by atoms with van der Waals surface area (Å²) in [6, 6.07) is 8.24. The zero-order valence-corrected chi connectivity index (χ0v) is 12.1. The number of aliphatic hydroxyl groups is 1. The molecule has 0 spiro atoms. The average molecular weight is 262 g/mol. The van der Waals surface area contributed by atoms with Gasteiger partial charge in [-0.2, -0.15) is 0 Å². The first-order chi connectivity index (χ1) is 9.22. The molecule has 0 radical (unpaired) electrons. The normalized spacial score (nSPS) is 27.2. The Bertz CT molecular complexity index is 389. The highest BCUT2D eigenvalue weighted by molar-refractivity contribution is 5.28. The first-order valence-corrected chi connectivity index (χ1v) is 7.66. The van der Waals surface area contributed by atoms with Crippen molar-refractivity contribution in [3.8, 4) is 5.75 Å². The Morgan fingerprint density at radius 3 is 2.84 bits per heavy atom. The lowest BCUT2D eigenvalue weighted by atomic mass is 9.83. The van der Waals surface area contributed by atoms with Crippen molar-refractivity contribution in [1.82, 2.24) is 0 Å². The average Bonchev–Trinajstić information content (AvgIpc) is 2.43.